The van der Waals surface area contributed by atoms with Crippen LogP contribution in [0, 0.1) is 19.8 Å². The van der Waals surface area contributed by atoms with E-state index in [0.29, 0.717) is 18.7 Å². The second-order valence-electron chi connectivity index (χ2n) is 4.76. The minimum Gasteiger partial charge on any atom is -0.481 e. The highest BCUT2D eigenvalue weighted by atomic mass is 16.4. The Morgan fingerprint density at radius 2 is 2.06 bits per heavy atom. The second-order valence-corrected chi connectivity index (χ2v) is 4.76. The van der Waals surface area contributed by atoms with Crippen molar-refractivity contribution in [2.24, 2.45) is 5.92 Å². The minimum absolute atomic E-state index is 0.0540. The standard InChI is InChI=1S/C13H16N2O3/c1-8-3-4-11(9(2)14-8)13(18)15-6-10(7-15)5-12(16)17/h3-4,10H,5-7H2,1-2H3,(H,16,17). The van der Waals surface area contributed by atoms with E-state index in [1.54, 1.807) is 11.0 Å². The number of pyridine rings is 1. The van der Waals surface area contributed by atoms with E-state index in [-0.39, 0.29) is 18.2 Å². The molecular weight excluding hydrogens is 232 g/mol. The van der Waals surface area contributed by atoms with Crippen LogP contribution in [0.25, 0.3) is 0 Å². The molecule has 2 rings (SSSR count). The lowest BCUT2D eigenvalue weighted by Gasteiger charge is -2.38. The molecule has 0 atom stereocenters. The maximum atomic E-state index is 12.1. The Morgan fingerprint density at radius 1 is 1.39 bits per heavy atom. The zero-order valence-corrected chi connectivity index (χ0v) is 10.5. The molecule has 0 saturated carbocycles. The summed E-state index contributed by atoms with van der Waals surface area (Å²) in [5.41, 5.74) is 2.22. The number of aliphatic carboxylic acids is 1. The van der Waals surface area contributed by atoms with Gasteiger partial charge in [-0.3, -0.25) is 14.6 Å². The third kappa shape index (κ3) is 2.50. The lowest BCUT2D eigenvalue weighted by atomic mass is 9.95. The smallest absolute Gasteiger partial charge is 0.303 e. The molecule has 0 aromatic carbocycles. The molecule has 1 saturated heterocycles. The predicted molar refractivity (Wildman–Crippen MR) is 65.4 cm³/mol. The molecule has 1 amide bonds. The normalized spacial score (nSPS) is 15.3. The molecule has 1 aromatic rings. The van der Waals surface area contributed by atoms with Crippen LogP contribution < -0.4 is 0 Å². The van der Waals surface area contributed by atoms with Crippen molar-refractivity contribution in [3.05, 3.63) is 29.1 Å². The molecule has 1 aromatic heterocycles. The fraction of sp³-hybridized carbons (Fsp3) is 0.462. The van der Waals surface area contributed by atoms with Crippen molar-refractivity contribution in [3.8, 4) is 0 Å². The average molecular weight is 248 g/mol. The molecular formula is C13H16N2O3. The first kappa shape index (κ1) is 12.5. The number of carboxylic acid groups (broad SMARTS) is 1. The first-order chi connectivity index (χ1) is 8.47. The average Bonchev–Trinajstić information content (AvgIpc) is 2.21. The molecule has 5 nitrogen and oxygen atoms in total. The van der Waals surface area contributed by atoms with E-state index >= 15 is 0 Å². The quantitative estimate of drug-likeness (QED) is 0.873. The molecule has 0 unspecified atom stereocenters. The van der Waals surface area contributed by atoms with Crippen LogP contribution in [0.3, 0.4) is 0 Å². The second kappa shape index (κ2) is 4.76. The molecule has 0 bridgehead atoms. The Balaban J connectivity index is 1.99. The van der Waals surface area contributed by atoms with Gasteiger partial charge in [-0.1, -0.05) is 0 Å². The molecule has 1 N–H and O–H groups in total. The zero-order valence-electron chi connectivity index (χ0n) is 10.5. The number of hydrogen-bond acceptors (Lipinski definition) is 3. The van der Waals surface area contributed by atoms with E-state index in [1.807, 2.05) is 19.9 Å². The number of carboxylic acids is 1. The van der Waals surface area contributed by atoms with E-state index in [2.05, 4.69) is 4.98 Å². The van der Waals surface area contributed by atoms with Crippen LogP contribution in [0.15, 0.2) is 12.1 Å². The first-order valence-corrected chi connectivity index (χ1v) is 5.92. The summed E-state index contributed by atoms with van der Waals surface area (Å²) in [6.07, 6.45) is 0.134. The Kier molecular flexibility index (Phi) is 3.32. The Hall–Kier alpha value is -1.91. The number of hydrogen-bond donors (Lipinski definition) is 1. The van der Waals surface area contributed by atoms with Gasteiger partial charge in [0.1, 0.15) is 0 Å². The van der Waals surface area contributed by atoms with E-state index in [4.69, 9.17) is 5.11 Å². The van der Waals surface area contributed by atoms with Gasteiger partial charge in [0.05, 0.1) is 17.7 Å². The molecule has 18 heavy (non-hydrogen) atoms. The minimum atomic E-state index is -0.805. The summed E-state index contributed by atoms with van der Waals surface area (Å²) in [6, 6.07) is 3.60. The Morgan fingerprint density at radius 3 is 2.61 bits per heavy atom. The summed E-state index contributed by atoms with van der Waals surface area (Å²) < 4.78 is 0. The summed E-state index contributed by atoms with van der Waals surface area (Å²) in [6.45, 7) is 4.75. The van der Waals surface area contributed by atoms with Gasteiger partial charge >= 0.3 is 5.97 Å². The van der Waals surface area contributed by atoms with Crippen LogP contribution in [0.1, 0.15) is 28.2 Å². The lowest BCUT2D eigenvalue weighted by molar-refractivity contribution is -0.139. The van der Waals surface area contributed by atoms with Crippen LogP contribution in [0.5, 0.6) is 0 Å². The van der Waals surface area contributed by atoms with Crippen molar-refractivity contribution in [3.63, 3.8) is 0 Å². The summed E-state index contributed by atoms with van der Waals surface area (Å²) >= 11 is 0. The number of likely N-dealkylation sites (tertiary alicyclic amines) is 1. The van der Waals surface area contributed by atoms with Gasteiger partial charge in [0.25, 0.3) is 5.91 Å². The summed E-state index contributed by atoms with van der Waals surface area (Å²) in [7, 11) is 0. The predicted octanol–water partition coefficient (Wildman–Crippen LogP) is 1.25. The number of carbonyl (C=O) groups excluding carboxylic acids is 1. The molecule has 5 heteroatoms. The van der Waals surface area contributed by atoms with Crippen molar-refractivity contribution in [2.45, 2.75) is 20.3 Å². The van der Waals surface area contributed by atoms with Crippen molar-refractivity contribution < 1.29 is 14.7 Å². The molecule has 0 aliphatic carbocycles. The van der Waals surface area contributed by atoms with E-state index < -0.39 is 5.97 Å². The maximum Gasteiger partial charge on any atom is 0.303 e. The molecule has 96 valence electrons. The number of aryl methyl sites for hydroxylation is 2. The highest BCUT2D eigenvalue weighted by molar-refractivity contribution is 5.95. The summed E-state index contributed by atoms with van der Waals surface area (Å²) in [4.78, 5) is 28.6. The number of rotatable bonds is 3. The van der Waals surface area contributed by atoms with Crippen molar-refractivity contribution >= 4 is 11.9 Å². The van der Waals surface area contributed by atoms with Gasteiger partial charge < -0.3 is 10.0 Å². The molecule has 1 aliphatic heterocycles. The van der Waals surface area contributed by atoms with Gasteiger partial charge in [0, 0.05) is 24.7 Å². The van der Waals surface area contributed by atoms with Crippen LogP contribution in [0.4, 0.5) is 0 Å². The fourth-order valence-electron chi connectivity index (χ4n) is 2.19. The SMILES string of the molecule is Cc1ccc(C(=O)N2CC(CC(=O)O)C2)c(C)n1. The van der Waals surface area contributed by atoms with E-state index in [0.717, 1.165) is 11.4 Å². The van der Waals surface area contributed by atoms with Crippen LogP contribution in [-0.4, -0.2) is 40.0 Å². The third-order valence-corrected chi connectivity index (χ3v) is 3.16. The van der Waals surface area contributed by atoms with Crippen molar-refractivity contribution in [2.75, 3.05) is 13.1 Å². The highest BCUT2D eigenvalue weighted by Crippen LogP contribution is 2.22. The number of amides is 1. The monoisotopic (exact) mass is 248 g/mol. The largest absolute Gasteiger partial charge is 0.481 e. The topological polar surface area (TPSA) is 70.5 Å². The van der Waals surface area contributed by atoms with Gasteiger partial charge in [0.15, 0.2) is 0 Å². The summed E-state index contributed by atoms with van der Waals surface area (Å²) in [5.74, 6) is -0.771. The Bertz CT molecular complexity index is 493. The van der Waals surface area contributed by atoms with E-state index in [9.17, 15) is 9.59 Å². The van der Waals surface area contributed by atoms with Crippen molar-refractivity contribution in [1.29, 1.82) is 0 Å². The van der Waals surface area contributed by atoms with Gasteiger partial charge in [-0.25, -0.2) is 0 Å². The van der Waals surface area contributed by atoms with Crippen LogP contribution in [-0.2, 0) is 4.79 Å². The highest BCUT2D eigenvalue weighted by Gasteiger charge is 2.33. The molecule has 2 heterocycles. The maximum absolute atomic E-state index is 12.1. The van der Waals surface area contributed by atoms with Gasteiger partial charge in [0.2, 0.25) is 0 Å². The van der Waals surface area contributed by atoms with Crippen molar-refractivity contribution in [1.82, 2.24) is 9.88 Å². The van der Waals surface area contributed by atoms with Crippen LogP contribution in [0.2, 0.25) is 0 Å². The van der Waals surface area contributed by atoms with Gasteiger partial charge in [-0.15, -0.1) is 0 Å². The van der Waals surface area contributed by atoms with Gasteiger partial charge in [-0.05, 0) is 26.0 Å². The first-order valence-electron chi connectivity index (χ1n) is 5.92. The van der Waals surface area contributed by atoms with Gasteiger partial charge in [-0.2, -0.15) is 0 Å². The number of nitrogens with zero attached hydrogens (tertiary/aromatic N) is 2. The number of aromatic nitrogens is 1. The third-order valence-electron chi connectivity index (χ3n) is 3.16. The van der Waals surface area contributed by atoms with Crippen LogP contribution >= 0.6 is 0 Å². The Labute approximate surface area is 105 Å². The number of carbonyl (C=O) groups is 2. The molecule has 1 aliphatic rings. The molecule has 0 radical (unpaired) electrons. The molecule has 0 spiro atoms. The molecule has 1 fully saturated rings. The lowest BCUT2D eigenvalue weighted by Crippen LogP contribution is -2.50. The summed E-state index contributed by atoms with van der Waals surface area (Å²) in [5, 5.41) is 8.65. The fourth-order valence-corrected chi connectivity index (χ4v) is 2.19. The van der Waals surface area contributed by atoms with E-state index in [1.165, 1.54) is 0 Å². The zero-order chi connectivity index (χ0) is 13.3.